The minimum absolute atomic E-state index is 0.0769. The molecule has 112 valence electrons. The molecule has 5 nitrogen and oxygen atoms in total. The summed E-state index contributed by atoms with van der Waals surface area (Å²) in [5.74, 6) is -0.760. The Morgan fingerprint density at radius 2 is 2.16 bits per heavy atom. The molecule has 0 saturated carbocycles. The smallest absolute Gasteiger partial charge is 0.324 e. The number of aliphatic hydroxyl groups is 1. The van der Waals surface area contributed by atoms with E-state index >= 15 is 0 Å². The summed E-state index contributed by atoms with van der Waals surface area (Å²) in [6.45, 7) is 7.21. The molecule has 1 fully saturated rings. The van der Waals surface area contributed by atoms with Gasteiger partial charge in [-0.1, -0.05) is 13.3 Å². The number of β-amino-alcohol motifs (C(OH)–C–C–N with tert-alkyl or cyclic N) is 1. The van der Waals surface area contributed by atoms with Gasteiger partial charge in [0.05, 0.1) is 18.8 Å². The monoisotopic (exact) mass is 273 g/mol. The van der Waals surface area contributed by atoms with Crippen LogP contribution in [-0.4, -0.2) is 58.5 Å². The molecule has 1 aliphatic rings. The number of carboxylic acid groups (broad SMARTS) is 1. The van der Waals surface area contributed by atoms with Crippen LogP contribution in [-0.2, 0) is 9.53 Å². The number of carboxylic acids is 1. The van der Waals surface area contributed by atoms with Crippen molar-refractivity contribution in [1.82, 2.24) is 4.90 Å². The van der Waals surface area contributed by atoms with E-state index in [4.69, 9.17) is 4.74 Å². The SMILES string of the molecule is CCCC1(C(=O)O)CCCN1CC(O)COC(C)C. The van der Waals surface area contributed by atoms with Crippen LogP contribution in [0.3, 0.4) is 0 Å². The predicted molar refractivity (Wildman–Crippen MR) is 73.2 cm³/mol. The number of ether oxygens (including phenoxy) is 1. The summed E-state index contributed by atoms with van der Waals surface area (Å²) in [5.41, 5.74) is -0.784. The van der Waals surface area contributed by atoms with E-state index in [1.54, 1.807) is 0 Å². The van der Waals surface area contributed by atoms with E-state index in [2.05, 4.69) is 0 Å². The van der Waals surface area contributed by atoms with Gasteiger partial charge in [-0.15, -0.1) is 0 Å². The van der Waals surface area contributed by atoms with Gasteiger partial charge in [0, 0.05) is 6.54 Å². The molecule has 0 aliphatic carbocycles. The van der Waals surface area contributed by atoms with E-state index < -0.39 is 17.6 Å². The number of nitrogens with zero attached hydrogens (tertiary/aromatic N) is 1. The summed E-state index contributed by atoms with van der Waals surface area (Å²) in [4.78, 5) is 13.5. The summed E-state index contributed by atoms with van der Waals surface area (Å²) < 4.78 is 5.38. The van der Waals surface area contributed by atoms with Crippen molar-refractivity contribution in [3.8, 4) is 0 Å². The zero-order valence-electron chi connectivity index (χ0n) is 12.3. The van der Waals surface area contributed by atoms with Crippen LogP contribution in [0.25, 0.3) is 0 Å². The molecule has 0 aromatic rings. The van der Waals surface area contributed by atoms with Crippen molar-refractivity contribution < 1.29 is 19.7 Å². The van der Waals surface area contributed by atoms with Crippen LogP contribution in [0.15, 0.2) is 0 Å². The highest BCUT2D eigenvalue weighted by molar-refractivity contribution is 5.79. The van der Waals surface area contributed by atoms with Crippen molar-refractivity contribution in [2.75, 3.05) is 19.7 Å². The largest absolute Gasteiger partial charge is 0.480 e. The van der Waals surface area contributed by atoms with Crippen molar-refractivity contribution >= 4 is 5.97 Å². The average Bonchev–Trinajstić information content (AvgIpc) is 2.71. The van der Waals surface area contributed by atoms with Crippen LogP contribution in [0.2, 0.25) is 0 Å². The molecule has 0 spiro atoms. The highest BCUT2D eigenvalue weighted by Gasteiger charge is 2.47. The molecular weight excluding hydrogens is 246 g/mol. The van der Waals surface area contributed by atoms with Crippen LogP contribution in [0.1, 0.15) is 46.5 Å². The second-order valence-electron chi connectivity index (χ2n) is 5.67. The van der Waals surface area contributed by atoms with Gasteiger partial charge in [0.1, 0.15) is 5.54 Å². The Kier molecular flexibility index (Phi) is 6.23. The Balaban J connectivity index is 2.61. The number of aliphatic hydroxyl groups excluding tert-OH is 1. The van der Waals surface area contributed by atoms with Crippen molar-refractivity contribution in [2.45, 2.75) is 64.2 Å². The summed E-state index contributed by atoms with van der Waals surface area (Å²) in [5, 5.41) is 19.5. The molecule has 2 atom stereocenters. The van der Waals surface area contributed by atoms with Gasteiger partial charge in [-0.25, -0.2) is 0 Å². The van der Waals surface area contributed by atoms with Crippen LogP contribution in [0, 0.1) is 0 Å². The maximum absolute atomic E-state index is 11.6. The van der Waals surface area contributed by atoms with E-state index in [0.717, 1.165) is 19.4 Å². The molecular formula is C14H27NO4. The number of carbonyl (C=O) groups is 1. The molecule has 1 saturated heterocycles. The van der Waals surface area contributed by atoms with Crippen molar-refractivity contribution in [3.05, 3.63) is 0 Å². The Morgan fingerprint density at radius 1 is 1.47 bits per heavy atom. The number of hydrogen-bond acceptors (Lipinski definition) is 4. The third-order valence-electron chi connectivity index (χ3n) is 3.74. The fourth-order valence-electron chi connectivity index (χ4n) is 2.86. The number of likely N-dealkylation sites (tertiary alicyclic amines) is 1. The molecule has 19 heavy (non-hydrogen) atoms. The Morgan fingerprint density at radius 3 is 2.68 bits per heavy atom. The minimum atomic E-state index is -0.784. The second-order valence-corrected chi connectivity index (χ2v) is 5.67. The van der Waals surface area contributed by atoms with Crippen LogP contribution < -0.4 is 0 Å². The zero-order valence-corrected chi connectivity index (χ0v) is 12.3. The third-order valence-corrected chi connectivity index (χ3v) is 3.74. The van der Waals surface area contributed by atoms with E-state index in [0.29, 0.717) is 19.4 Å². The molecule has 2 unspecified atom stereocenters. The molecule has 0 aromatic carbocycles. The lowest BCUT2D eigenvalue weighted by Crippen LogP contribution is -2.53. The molecule has 0 radical (unpaired) electrons. The van der Waals surface area contributed by atoms with Crippen LogP contribution >= 0.6 is 0 Å². The minimum Gasteiger partial charge on any atom is -0.480 e. The van der Waals surface area contributed by atoms with Gasteiger partial charge in [-0.2, -0.15) is 0 Å². The van der Waals surface area contributed by atoms with Gasteiger partial charge in [-0.05, 0) is 39.7 Å². The molecule has 1 rings (SSSR count). The van der Waals surface area contributed by atoms with E-state index in [-0.39, 0.29) is 12.7 Å². The lowest BCUT2D eigenvalue weighted by Gasteiger charge is -2.35. The van der Waals surface area contributed by atoms with Gasteiger partial charge in [-0.3, -0.25) is 9.69 Å². The van der Waals surface area contributed by atoms with E-state index in [9.17, 15) is 15.0 Å². The number of aliphatic carboxylic acids is 1. The fraction of sp³-hybridized carbons (Fsp3) is 0.929. The topological polar surface area (TPSA) is 70.0 Å². The van der Waals surface area contributed by atoms with Crippen LogP contribution in [0.5, 0.6) is 0 Å². The Labute approximate surface area is 115 Å². The summed E-state index contributed by atoms with van der Waals surface area (Å²) in [7, 11) is 0. The molecule has 5 heteroatoms. The number of rotatable bonds is 8. The maximum atomic E-state index is 11.6. The first kappa shape index (κ1) is 16.4. The molecule has 1 aliphatic heterocycles. The normalized spacial score (nSPS) is 25.9. The molecule has 0 aromatic heterocycles. The lowest BCUT2D eigenvalue weighted by molar-refractivity contribution is -0.151. The first-order valence-electron chi connectivity index (χ1n) is 7.20. The molecule has 0 bridgehead atoms. The predicted octanol–water partition coefficient (Wildman–Crippen LogP) is 1.49. The Hall–Kier alpha value is -0.650. The van der Waals surface area contributed by atoms with Gasteiger partial charge in [0.25, 0.3) is 0 Å². The summed E-state index contributed by atoms with van der Waals surface area (Å²) >= 11 is 0. The molecule has 0 amide bonds. The van der Waals surface area contributed by atoms with Crippen molar-refractivity contribution in [2.24, 2.45) is 0 Å². The maximum Gasteiger partial charge on any atom is 0.324 e. The van der Waals surface area contributed by atoms with Gasteiger partial charge < -0.3 is 14.9 Å². The summed E-state index contributed by atoms with van der Waals surface area (Å²) in [6.07, 6.45) is 2.48. The fourth-order valence-corrected chi connectivity index (χ4v) is 2.86. The number of hydrogen-bond donors (Lipinski definition) is 2. The van der Waals surface area contributed by atoms with E-state index in [1.807, 2.05) is 25.7 Å². The second kappa shape index (κ2) is 7.22. The molecule has 2 N–H and O–H groups in total. The highest BCUT2D eigenvalue weighted by Crippen LogP contribution is 2.34. The van der Waals surface area contributed by atoms with Crippen molar-refractivity contribution in [1.29, 1.82) is 0 Å². The lowest BCUT2D eigenvalue weighted by atomic mass is 9.90. The average molecular weight is 273 g/mol. The first-order chi connectivity index (χ1) is 8.92. The first-order valence-corrected chi connectivity index (χ1v) is 7.20. The van der Waals surface area contributed by atoms with E-state index in [1.165, 1.54) is 0 Å². The highest BCUT2D eigenvalue weighted by atomic mass is 16.5. The Bertz CT molecular complexity index is 295. The van der Waals surface area contributed by atoms with Crippen LogP contribution in [0.4, 0.5) is 0 Å². The van der Waals surface area contributed by atoms with Gasteiger partial charge in [0.2, 0.25) is 0 Å². The molecule has 1 heterocycles. The van der Waals surface area contributed by atoms with Gasteiger partial charge in [0.15, 0.2) is 0 Å². The quantitative estimate of drug-likeness (QED) is 0.701. The summed E-state index contributed by atoms with van der Waals surface area (Å²) in [6, 6.07) is 0. The standard InChI is InChI=1S/C14H27NO4/c1-4-6-14(13(17)18)7-5-8-15(14)9-12(16)10-19-11(2)3/h11-12,16H,4-10H2,1-3H3,(H,17,18). The zero-order chi connectivity index (χ0) is 14.5. The van der Waals surface area contributed by atoms with Crippen molar-refractivity contribution in [3.63, 3.8) is 0 Å². The third kappa shape index (κ3) is 4.16. The van der Waals surface area contributed by atoms with Gasteiger partial charge >= 0.3 is 5.97 Å².